The number of carboxylic acid groups (broad SMARTS) is 2. The number of imidazole rings is 1. The number of rotatable bonds is 11. The number of aromatic carboxylic acids is 2. The molecule has 2 heterocycles. The number of carbonyl (C=O) groups is 2. The lowest BCUT2D eigenvalue weighted by atomic mass is 10.1. The quantitative estimate of drug-likeness (QED) is 0.322. The van der Waals surface area contributed by atoms with Gasteiger partial charge in [-0.3, -0.25) is 0 Å². The van der Waals surface area contributed by atoms with Gasteiger partial charge in [-0.05, 0) is 42.2 Å². The number of nitrogens with zero attached hydrogens (tertiary/aromatic N) is 3. The van der Waals surface area contributed by atoms with Crippen LogP contribution < -0.4 is 4.74 Å². The van der Waals surface area contributed by atoms with Crippen LogP contribution in [0.5, 0.6) is 5.75 Å². The molecule has 0 spiro atoms. The number of hydrogen-bond donors (Lipinski definition) is 2. The molecule has 0 saturated carbocycles. The molecule has 35 heavy (non-hydrogen) atoms. The van der Waals surface area contributed by atoms with Crippen LogP contribution in [-0.2, 0) is 19.6 Å². The molecule has 0 saturated heterocycles. The molecule has 9 nitrogen and oxygen atoms in total. The van der Waals surface area contributed by atoms with E-state index < -0.39 is 17.6 Å². The zero-order valence-electron chi connectivity index (χ0n) is 18.7. The van der Waals surface area contributed by atoms with E-state index in [1.807, 2.05) is 60.7 Å². The Bertz CT molecular complexity index is 1320. The van der Waals surface area contributed by atoms with Gasteiger partial charge in [0.1, 0.15) is 24.3 Å². The average Bonchev–Trinajstić information content (AvgIpc) is 3.50. The van der Waals surface area contributed by atoms with Crippen LogP contribution in [0.2, 0.25) is 0 Å². The summed E-state index contributed by atoms with van der Waals surface area (Å²) in [6.07, 6.45) is 7.84. The summed E-state index contributed by atoms with van der Waals surface area (Å²) in [4.78, 5) is 30.6. The largest absolute Gasteiger partial charge is 0.487 e. The maximum absolute atomic E-state index is 11.4. The molecule has 0 unspecified atom stereocenters. The van der Waals surface area contributed by atoms with Crippen molar-refractivity contribution in [2.45, 2.75) is 26.0 Å². The number of carboxylic acids is 2. The van der Waals surface area contributed by atoms with Gasteiger partial charge >= 0.3 is 11.9 Å². The van der Waals surface area contributed by atoms with E-state index in [4.69, 9.17) is 14.3 Å². The molecule has 9 heteroatoms. The van der Waals surface area contributed by atoms with Crippen molar-refractivity contribution < 1.29 is 29.0 Å². The monoisotopic (exact) mass is 473 g/mol. The van der Waals surface area contributed by atoms with Gasteiger partial charge in [-0.1, -0.05) is 42.5 Å². The van der Waals surface area contributed by atoms with Crippen molar-refractivity contribution in [3.63, 3.8) is 0 Å². The van der Waals surface area contributed by atoms with Crippen LogP contribution in [-0.4, -0.2) is 36.7 Å². The Labute approximate surface area is 201 Å². The minimum absolute atomic E-state index is 0.270. The Morgan fingerprint density at radius 3 is 2.49 bits per heavy atom. The molecule has 0 fully saturated rings. The third-order valence-electron chi connectivity index (χ3n) is 5.20. The van der Waals surface area contributed by atoms with Crippen LogP contribution in [0.4, 0.5) is 0 Å². The SMILES string of the molecule is O=C(O)c1ncn(CCCc2ccc(OCc3coc(/C=C/c4ccccc4)n3)cc2)c1C(=O)O. The molecular weight excluding hydrogens is 450 g/mol. The topological polar surface area (TPSA) is 128 Å². The van der Waals surface area contributed by atoms with Crippen molar-refractivity contribution in [2.24, 2.45) is 0 Å². The fraction of sp³-hybridized carbons (Fsp3) is 0.154. The van der Waals surface area contributed by atoms with Gasteiger partial charge in [0.2, 0.25) is 5.89 Å². The second-order valence-electron chi connectivity index (χ2n) is 7.70. The highest BCUT2D eigenvalue weighted by Gasteiger charge is 2.22. The zero-order chi connectivity index (χ0) is 24.6. The van der Waals surface area contributed by atoms with Gasteiger partial charge in [0.15, 0.2) is 11.4 Å². The smallest absolute Gasteiger partial charge is 0.357 e. The Balaban J connectivity index is 1.26. The highest BCUT2D eigenvalue weighted by molar-refractivity contribution is 5.99. The standard InChI is InChI=1S/C26H23N3O6/c30-25(31)23-24(26(32)33)29(17-27-23)14-4-7-19-8-11-21(12-9-19)34-15-20-16-35-22(28-20)13-10-18-5-2-1-3-6-18/h1-3,5-6,8-13,16-17H,4,7,14-15H2,(H,30,31)(H,32,33)/b13-10+. The molecule has 4 rings (SSSR count). The summed E-state index contributed by atoms with van der Waals surface area (Å²) in [6, 6.07) is 17.4. The molecule has 0 atom stereocenters. The van der Waals surface area contributed by atoms with Crippen molar-refractivity contribution in [3.05, 3.63) is 101 Å². The molecule has 2 aromatic carbocycles. The third-order valence-corrected chi connectivity index (χ3v) is 5.20. The van der Waals surface area contributed by atoms with Crippen molar-refractivity contribution in [1.82, 2.24) is 14.5 Å². The van der Waals surface area contributed by atoms with E-state index in [2.05, 4.69) is 9.97 Å². The number of aromatic nitrogens is 3. The number of oxazole rings is 1. The average molecular weight is 473 g/mol. The van der Waals surface area contributed by atoms with E-state index in [9.17, 15) is 14.7 Å². The number of benzene rings is 2. The van der Waals surface area contributed by atoms with Gasteiger partial charge in [-0.25, -0.2) is 19.6 Å². The van der Waals surface area contributed by atoms with Crippen LogP contribution >= 0.6 is 0 Å². The predicted octanol–water partition coefficient (Wildman–Crippen LogP) is 4.65. The number of hydrogen-bond acceptors (Lipinski definition) is 6. The van der Waals surface area contributed by atoms with Gasteiger partial charge in [-0.2, -0.15) is 0 Å². The van der Waals surface area contributed by atoms with Gasteiger partial charge in [0.05, 0.1) is 6.33 Å². The van der Waals surface area contributed by atoms with Crippen molar-refractivity contribution in [1.29, 1.82) is 0 Å². The molecule has 0 radical (unpaired) electrons. The zero-order valence-corrected chi connectivity index (χ0v) is 18.7. The van der Waals surface area contributed by atoms with Crippen molar-refractivity contribution in [2.75, 3.05) is 0 Å². The fourth-order valence-electron chi connectivity index (χ4n) is 3.49. The Morgan fingerprint density at radius 2 is 1.77 bits per heavy atom. The van der Waals surface area contributed by atoms with Gasteiger partial charge in [0.25, 0.3) is 0 Å². The number of aryl methyl sites for hydroxylation is 2. The second-order valence-corrected chi connectivity index (χ2v) is 7.70. The van der Waals surface area contributed by atoms with Crippen LogP contribution in [0.3, 0.4) is 0 Å². The van der Waals surface area contributed by atoms with Crippen LogP contribution in [0, 0.1) is 0 Å². The van der Waals surface area contributed by atoms with Crippen molar-refractivity contribution >= 4 is 24.1 Å². The third kappa shape index (κ3) is 6.23. The molecular formula is C26H23N3O6. The molecule has 2 aromatic heterocycles. The minimum Gasteiger partial charge on any atom is -0.487 e. The van der Waals surface area contributed by atoms with Gasteiger partial charge < -0.3 is 23.9 Å². The number of ether oxygens (including phenoxy) is 1. The Kier molecular flexibility index (Phi) is 7.37. The summed E-state index contributed by atoms with van der Waals surface area (Å²) in [5.41, 5.74) is 2.01. The van der Waals surface area contributed by atoms with Crippen molar-refractivity contribution in [3.8, 4) is 5.75 Å². The van der Waals surface area contributed by atoms with E-state index in [0.717, 1.165) is 11.1 Å². The molecule has 178 valence electrons. The molecule has 4 aromatic rings. The highest BCUT2D eigenvalue weighted by atomic mass is 16.5. The molecule has 0 bridgehead atoms. The first kappa shape index (κ1) is 23.5. The van der Waals surface area contributed by atoms with Gasteiger partial charge in [0, 0.05) is 12.6 Å². The van der Waals surface area contributed by atoms with Gasteiger partial charge in [-0.15, -0.1) is 0 Å². The Morgan fingerprint density at radius 1 is 1.00 bits per heavy atom. The summed E-state index contributed by atoms with van der Waals surface area (Å²) in [7, 11) is 0. The van der Waals surface area contributed by atoms with E-state index in [-0.39, 0.29) is 12.3 Å². The van der Waals surface area contributed by atoms with E-state index in [1.165, 1.54) is 10.9 Å². The van der Waals surface area contributed by atoms with E-state index in [0.29, 0.717) is 36.7 Å². The van der Waals surface area contributed by atoms with E-state index in [1.54, 1.807) is 12.3 Å². The first-order chi connectivity index (χ1) is 17.0. The molecule has 0 aliphatic carbocycles. The van der Waals surface area contributed by atoms with E-state index >= 15 is 0 Å². The first-order valence-corrected chi connectivity index (χ1v) is 10.9. The predicted molar refractivity (Wildman–Crippen MR) is 127 cm³/mol. The lowest BCUT2D eigenvalue weighted by Gasteiger charge is -2.07. The molecule has 0 aliphatic rings. The lowest BCUT2D eigenvalue weighted by Crippen LogP contribution is -2.13. The van der Waals surface area contributed by atoms with Crippen LogP contribution in [0.25, 0.3) is 12.2 Å². The first-order valence-electron chi connectivity index (χ1n) is 10.9. The fourth-order valence-corrected chi connectivity index (χ4v) is 3.49. The molecule has 2 N–H and O–H groups in total. The van der Waals surface area contributed by atoms with Crippen LogP contribution in [0.15, 0.2) is 71.6 Å². The summed E-state index contributed by atoms with van der Waals surface area (Å²) in [6.45, 7) is 0.611. The summed E-state index contributed by atoms with van der Waals surface area (Å²) in [5, 5.41) is 18.4. The second kappa shape index (κ2) is 11.0. The normalized spacial score (nSPS) is 11.1. The van der Waals surface area contributed by atoms with Crippen LogP contribution in [0.1, 0.15) is 50.1 Å². The maximum Gasteiger partial charge on any atom is 0.357 e. The summed E-state index contributed by atoms with van der Waals surface area (Å²) < 4.78 is 12.6. The lowest BCUT2D eigenvalue weighted by molar-refractivity contribution is 0.0640. The maximum atomic E-state index is 11.4. The summed E-state index contributed by atoms with van der Waals surface area (Å²) in [5.74, 6) is -1.48. The molecule has 0 aliphatic heterocycles. The Hall–Kier alpha value is -4.66. The minimum atomic E-state index is -1.36. The molecule has 0 amide bonds. The summed E-state index contributed by atoms with van der Waals surface area (Å²) >= 11 is 0. The highest BCUT2D eigenvalue weighted by Crippen LogP contribution is 2.17.